The Morgan fingerprint density at radius 1 is 0.938 bits per heavy atom. The average molecular weight is 448 g/mol. The van der Waals surface area contributed by atoms with Gasteiger partial charge in [0.2, 0.25) is 0 Å². The second-order valence-corrected chi connectivity index (χ2v) is 6.52. The first-order chi connectivity index (χ1) is 15.0. The SMILES string of the molecule is CC(=O)c1ccccc1NC(=O)C(C)OC(=O)c1ccccc1N/C=C/C(=O)C(F)(F)F. The second-order valence-electron chi connectivity index (χ2n) is 6.52. The normalized spacial score (nSPS) is 12.2. The number of anilines is 2. The number of rotatable bonds is 8. The molecule has 2 rings (SSSR count). The van der Waals surface area contributed by atoms with E-state index in [1.165, 1.54) is 50.2 Å². The minimum atomic E-state index is -5.01. The van der Waals surface area contributed by atoms with Crippen molar-refractivity contribution in [2.45, 2.75) is 26.1 Å². The van der Waals surface area contributed by atoms with Crippen LogP contribution in [0.2, 0.25) is 0 Å². The van der Waals surface area contributed by atoms with E-state index in [4.69, 9.17) is 4.74 Å². The first-order valence-electron chi connectivity index (χ1n) is 9.25. The Hall–Kier alpha value is -3.95. The molecule has 0 aromatic heterocycles. The van der Waals surface area contributed by atoms with Crippen molar-refractivity contribution in [2.75, 3.05) is 10.6 Å². The van der Waals surface area contributed by atoms with Gasteiger partial charge in [0, 0.05) is 17.8 Å². The van der Waals surface area contributed by atoms with Crippen molar-refractivity contribution in [3.8, 4) is 0 Å². The Morgan fingerprint density at radius 2 is 1.50 bits per heavy atom. The summed E-state index contributed by atoms with van der Waals surface area (Å²) in [6, 6.07) is 12.0. The Kier molecular flexibility index (Phi) is 7.89. The number of ketones is 2. The Bertz CT molecular complexity index is 1060. The zero-order valence-electron chi connectivity index (χ0n) is 17.0. The van der Waals surface area contributed by atoms with E-state index in [2.05, 4.69) is 10.6 Å². The lowest BCUT2D eigenvalue weighted by atomic mass is 10.1. The van der Waals surface area contributed by atoms with Gasteiger partial charge >= 0.3 is 12.1 Å². The molecule has 10 heteroatoms. The van der Waals surface area contributed by atoms with Gasteiger partial charge in [-0.1, -0.05) is 24.3 Å². The minimum absolute atomic E-state index is 0.0678. The van der Waals surface area contributed by atoms with Gasteiger partial charge in [-0.15, -0.1) is 0 Å². The molecule has 0 bridgehead atoms. The number of halogens is 3. The summed E-state index contributed by atoms with van der Waals surface area (Å²) >= 11 is 0. The number of nitrogens with one attached hydrogen (secondary N) is 2. The molecule has 168 valence electrons. The molecule has 0 aliphatic carbocycles. The molecule has 0 heterocycles. The molecular formula is C22H19F3N2O5. The van der Waals surface area contributed by atoms with Crippen LogP contribution < -0.4 is 10.6 Å². The fraction of sp³-hybridized carbons (Fsp3) is 0.182. The van der Waals surface area contributed by atoms with Crippen LogP contribution in [0.25, 0.3) is 0 Å². The number of amides is 1. The van der Waals surface area contributed by atoms with Crippen LogP contribution in [0.4, 0.5) is 24.5 Å². The van der Waals surface area contributed by atoms with Gasteiger partial charge in [0.1, 0.15) is 0 Å². The van der Waals surface area contributed by atoms with Crippen molar-refractivity contribution < 1.29 is 37.1 Å². The predicted octanol–water partition coefficient (Wildman–Crippen LogP) is 4.13. The third kappa shape index (κ3) is 6.53. The lowest BCUT2D eigenvalue weighted by molar-refractivity contribution is -0.165. The highest BCUT2D eigenvalue weighted by Gasteiger charge is 2.36. The summed E-state index contributed by atoms with van der Waals surface area (Å²) in [7, 11) is 0. The number of para-hydroxylation sites is 2. The maximum Gasteiger partial charge on any atom is 0.454 e. The lowest BCUT2D eigenvalue weighted by Gasteiger charge is -2.16. The van der Waals surface area contributed by atoms with Gasteiger partial charge in [0.05, 0.1) is 16.9 Å². The molecule has 0 saturated carbocycles. The van der Waals surface area contributed by atoms with E-state index in [1.54, 1.807) is 12.1 Å². The Morgan fingerprint density at radius 3 is 2.09 bits per heavy atom. The fourth-order valence-corrected chi connectivity index (χ4v) is 2.50. The van der Waals surface area contributed by atoms with Crippen molar-refractivity contribution in [2.24, 2.45) is 0 Å². The van der Waals surface area contributed by atoms with Crippen LogP contribution in [0, 0.1) is 0 Å². The highest BCUT2D eigenvalue weighted by molar-refractivity contribution is 6.05. The van der Waals surface area contributed by atoms with Gasteiger partial charge in [0.25, 0.3) is 11.7 Å². The molecule has 0 radical (unpaired) electrons. The molecule has 32 heavy (non-hydrogen) atoms. The van der Waals surface area contributed by atoms with Crippen molar-refractivity contribution in [3.63, 3.8) is 0 Å². The smallest absolute Gasteiger partial charge is 0.449 e. The zero-order chi connectivity index (χ0) is 23.9. The van der Waals surface area contributed by atoms with Gasteiger partial charge in [0.15, 0.2) is 11.9 Å². The number of esters is 1. The highest BCUT2D eigenvalue weighted by Crippen LogP contribution is 2.20. The topological polar surface area (TPSA) is 102 Å². The summed E-state index contributed by atoms with van der Waals surface area (Å²) in [6.45, 7) is 2.66. The number of allylic oxidation sites excluding steroid dienone is 1. The lowest BCUT2D eigenvalue weighted by Crippen LogP contribution is -2.30. The third-order valence-electron chi connectivity index (χ3n) is 4.12. The van der Waals surface area contributed by atoms with E-state index in [0.29, 0.717) is 0 Å². The number of ether oxygens (including phenoxy) is 1. The van der Waals surface area contributed by atoms with E-state index in [9.17, 15) is 32.3 Å². The summed E-state index contributed by atoms with van der Waals surface area (Å²) in [5.41, 5.74) is 0.544. The van der Waals surface area contributed by atoms with Crippen LogP contribution in [-0.2, 0) is 14.3 Å². The molecular weight excluding hydrogens is 429 g/mol. The number of hydrogen-bond donors (Lipinski definition) is 2. The first kappa shape index (κ1) is 24.3. The minimum Gasteiger partial charge on any atom is -0.449 e. The molecule has 1 amide bonds. The van der Waals surface area contributed by atoms with Gasteiger partial charge in [-0.05, 0) is 38.1 Å². The summed E-state index contributed by atoms with van der Waals surface area (Å²) in [6.07, 6.45) is -5.24. The maximum atomic E-state index is 12.5. The standard InChI is InChI=1S/C22H19F3N2O5/c1-13(28)15-7-3-6-10-18(15)27-20(30)14(2)32-21(31)16-8-4-5-9-17(16)26-12-11-19(29)22(23,24)25/h3-12,14,26H,1-2H3,(H,27,30)/b12-11+. The van der Waals surface area contributed by atoms with E-state index >= 15 is 0 Å². The van der Waals surface area contributed by atoms with E-state index in [-0.39, 0.29) is 34.4 Å². The Balaban J connectivity index is 2.08. The molecule has 0 spiro atoms. The molecule has 2 aromatic carbocycles. The molecule has 1 unspecified atom stereocenters. The van der Waals surface area contributed by atoms with Gasteiger partial charge in [-0.2, -0.15) is 13.2 Å². The van der Waals surface area contributed by atoms with Crippen LogP contribution in [-0.4, -0.2) is 35.7 Å². The quantitative estimate of drug-likeness (QED) is 0.358. The first-order valence-corrected chi connectivity index (χ1v) is 9.25. The summed E-state index contributed by atoms with van der Waals surface area (Å²) in [4.78, 5) is 47.5. The molecule has 2 N–H and O–H groups in total. The predicted molar refractivity (Wildman–Crippen MR) is 110 cm³/mol. The zero-order valence-corrected chi connectivity index (χ0v) is 17.0. The monoisotopic (exact) mass is 448 g/mol. The summed E-state index contributed by atoms with van der Waals surface area (Å²) < 4.78 is 41.9. The summed E-state index contributed by atoms with van der Waals surface area (Å²) in [5, 5.41) is 4.94. The molecule has 0 saturated heterocycles. The van der Waals surface area contributed by atoms with Crippen molar-refractivity contribution in [3.05, 3.63) is 71.9 Å². The molecule has 2 aromatic rings. The third-order valence-corrected chi connectivity index (χ3v) is 4.12. The van der Waals surface area contributed by atoms with Gasteiger partial charge in [-0.25, -0.2) is 4.79 Å². The highest BCUT2D eigenvalue weighted by atomic mass is 19.4. The van der Waals surface area contributed by atoms with Crippen LogP contribution in [0.1, 0.15) is 34.6 Å². The number of benzene rings is 2. The number of alkyl halides is 3. The number of Topliss-reactive ketones (excluding diaryl/α,β-unsaturated/α-hetero) is 1. The molecule has 0 fully saturated rings. The van der Waals surface area contributed by atoms with Crippen molar-refractivity contribution >= 4 is 34.8 Å². The number of carbonyl (C=O) groups is 4. The fourth-order valence-electron chi connectivity index (χ4n) is 2.50. The van der Waals surface area contributed by atoms with E-state index < -0.39 is 29.9 Å². The van der Waals surface area contributed by atoms with Crippen molar-refractivity contribution in [1.29, 1.82) is 0 Å². The van der Waals surface area contributed by atoms with Crippen LogP contribution in [0.15, 0.2) is 60.8 Å². The largest absolute Gasteiger partial charge is 0.454 e. The molecule has 7 nitrogen and oxygen atoms in total. The number of hydrogen-bond acceptors (Lipinski definition) is 6. The Labute approximate surface area is 181 Å². The molecule has 1 atom stereocenters. The van der Waals surface area contributed by atoms with Gasteiger partial charge < -0.3 is 15.4 Å². The van der Waals surface area contributed by atoms with Crippen LogP contribution in [0.5, 0.6) is 0 Å². The van der Waals surface area contributed by atoms with Crippen LogP contribution in [0.3, 0.4) is 0 Å². The van der Waals surface area contributed by atoms with Crippen LogP contribution >= 0.6 is 0 Å². The molecule has 0 aliphatic rings. The number of carbonyl (C=O) groups excluding carboxylic acids is 4. The summed E-state index contributed by atoms with van der Waals surface area (Å²) in [5.74, 6) is -3.94. The second kappa shape index (κ2) is 10.4. The van der Waals surface area contributed by atoms with Crippen molar-refractivity contribution in [1.82, 2.24) is 0 Å². The molecule has 0 aliphatic heterocycles. The van der Waals surface area contributed by atoms with Gasteiger partial charge in [-0.3, -0.25) is 14.4 Å². The maximum absolute atomic E-state index is 12.5. The average Bonchev–Trinajstić information content (AvgIpc) is 2.73. The van der Waals surface area contributed by atoms with E-state index in [1.807, 2.05) is 0 Å². The van der Waals surface area contributed by atoms with E-state index in [0.717, 1.165) is 6.20 Å².